The standard InChI is InChI=1S/C10H10BrFO2/c1-7(13)14-6-8-2-3-10(11)9(4-8)5-12/h2-4H,5-6H2,1H3. The second kappa shape index (κ2) is 5.10. The Balaban J connectivity index is 2.74. The average Bonchev–Trinajstić information content (AvgIpc) is 2.16. The first-order valence-corrected chi connectivity index (χ1v) is 4.89. The third kappa shape index (κ3) is 3.10. The zero-order valence-corrected chi connectivity index (χ0v) is 9.30. The second-order valence-corrected chi connectivity index (χ2v) is 3.69. The van der Waals surface area contributed by atoms with Crippen molar-refractivity contribution >= 4 is 21.9 Å². The summed E-state index contributed by atoms with van der Waals surface area (Å²) >= 11 is 3.22. The summed E-state index contributed by atoms with van der Waals surface area (Å²) < 4.78 is 17.9. The lowest BCUT2D eigenvalue weighted by Crippen LogP contribution is -1.99. The molecule has 0 N–H and O–H groups in total. The van der Waals surface area contributed by atoms with Crippen LogP contribution < -0.4 is 0 Å². The van der Waals surface area contributed by atoms with Gasteiger partial charge in [-0.05, 0) is 23.3 Å². The molecule has 14 heavy (non-hydrogen) atoms. The molecule has 1 rings (SSSR count). The van der Waals surface area contributed by atoms with Crippen molar-refractivity contribution in [1.82, 2.24) is 0 Å². The first-order valence-electron chi connectivity index (χ1n) is 4.10. The van der Waals surface area contributed by atoms with Gasteiger partial charge in [0.15, 0.2) is 0 Å². The molecule has 0 atom stereocenters. The predicted molar refractivity (Wildman–Crippen MR) is 54.4 cm³/mol. The fourth-order valence-corrected chi connectivity index (χ4v) is 1.36. The summed E-state index contributed by atoms with van der Waals surface area (Å²) in [5.74, 6) is -0.338. The van der Waals surface area contributed by atoms with Crippen LogP contribution in [0.2, 0.25) is 0 Å². The Morgan fingerprint density at radius 1 is 1.57 bits per heavy atom. The summed E-state index contributed by atoms with van der Waals surface area (Å²) in [6, 6.07) is 5.20. The van der Waals surface area contributed by atoms with Gasteiger partial charge in [-0.25, -0.2) is 4.39 Å². The van der Waals surface area contributed by atoms with E-state index in [9.17, 15) is 9.18 Å². The van der Waals surface area contributed by atoms with Crippen molar-refractivity contribution in [3.05, 3.63) is 33.8 Å². The van der Waals surface area contributed by atoms with E-state index in [4.69, 9.17) is 4.74 Å². The largest absolute Gasteiger partial charge is 0.461 e. The summed E-state index contributed by atoms with van der Waals surface area (Å²) in [5, 5.41) is 0. The predicted octanol–water partition coefficient (Wildman–Crippen LogP) is 2.98. The molecule has 0 saturated carbocycles. The van der Waals surface area contributed by atoms with E-state index in [1.54, 1.807) is 18.2 Å². The highest BCUT2D eigenvalue weighted by atomic mass is 79.9. The Kier molecular flexibility index (Phi) is 4.07. The number of halogens is 2. The van der Waals surface area contributed by atoms with Gasteiger partial charge in [0, 0.05) is 11.4 Å². The number of carbonyl (C=O) groups is 1. The van der Waals surface area contributed by atoms with E-state index in [1.807, 2.05) is 0 Å². The van der Waals surface area contributed by atoms with Gasteiger partial charge in [-0.1, -0.05) is 22.0 Å². The van der Waals surface area contributed by atoms with E-state index in [2.05, 4.69) is 15.9 Å². The van der Waals surface area contributed by atoms with Crippen LogP contribution in [0, 0.1) is 0 Å². The van der Waals surface area contributed by atoms with Gasteiger partial charge in [-0.15, -0.1) is 0 Å². The van der Waals surface area contributed by atoms with Gasteiger partial charge in [0.05, 0.1) is 0 Å². The van der Waals surface area contributed by atoms with E-state index in [1.165, 1.54) is 6.92 Å². The number of hydrogen-bond acceptors (Lipinski definition) is 2. The highest BCUT2D eigenvalue weighted by Crippen LogP contribution is 2.19. The molecule has 0 bridgehead atoms. The summed E-state index contributed by atoms with van der Waals surface area (Å²) in [6.07, 6.45) is 0. The smallest absolute Gasteiger partial charge is 0.302 e. The SMILES string of the molecule is CC(=O)OCc1ccc(Br)c(CF)c1. The topological polar surface area (TPSA) is 26.3 Å². The molecule has 0 heterocycles. The highest BCUT2D eigenvalue weighted by molar-refractivity contribution is 9.10. The molecular formula is C10H10BrFO2. The molecule has 1 aromatic rings. The molecule has 1 aromatic carbocycles. The number of ether oxygens (including phenoxy) is 1. The fourth-order valence-electron chi connectivity index (χ4n) is 1.01. The molecule has 0 unspecified atom stereocenters. The van der Waals surface area contributed by atoms with Gasteiger partial charge in [-0.2, -0.15) is 0 Å². The van der Waals surface area contributed by atoms with E-state index < -0.39 is 6.67 Å². The molecule has 0 aliphatic heterocycles. The Morgan fingerprint density at radius 3 is 2.86 bits per heavy atom. The number of esters is 1. The monoisotopic (exact) mass is 260 g/mol. The van der Waals surface area contributed by atoms with Crippen LogP contribution in [0.1, 0.15) is 18.1 Å². The number of carbonyl (C=O) groups excluding carboxylic acids is 1. The molecule has 0 spiro atoms. The lowest BCUT2D eigenvalue weighted by Gasteiger charge is -2.05. The molecule has 76 valence electrons. The van der Waals surface area contributed by atoms with Gasteiger partial charge < -0.3 is 4.74 Å². The van der Waals surface area contributed by atoms with Crippen LogP contribution in [-0.4, -0.2) is 5.97 Å². The van der Waals surface area contributed by atoms with Crippen LogP contribution >= 0.6 is 15.9 Å². The Morgan fingerprint density at radius 2 is 2.29 bits per heavy atom. The molecule has 0 saturated heterocycles. The van der Waals surface area contributed by atoms with E-state index >= 15 is 0 Å². The highest BCUT2D eigenvalue weighted by Gasteiger charge is 2.02. The maximum absolute atomic E-state index is 12.4. The Bertz CT molecular complexity index is 339. The Labute approximate surface area is 90.2 Å². The molecule has 0 fully saturated rings. The van der Waals surface area contributed by atoms with Gasteiger partial charge in [0.2, 0.25) is 0 Å². The van der Waals surface area contributed by atoms with Crippen molar-refractivity contribution in [2.75, 3.05) is 0 Å². The molecular weight excluding hydrogens is 251 g/mol. The lowest BCUT2D eigenvalue weighted by atomic mass is 10.1. The first-order chi connectivity index (χ1) is 6.63. The summed E-state index contributed by atoms with van der Waals surface area (Å²) in [7, 11) is 0. The number of hydrogen-bond donors (Lipinski definition) is 0. The number of rotatable bonds is 3. The van der Waals surface area contributed by atoms with Crippen molar-refractivity contribution in [1.29, 1.82) is 0 Å². The van der Waals surface area contributed by atoms with Crippen molar-refractivity contribution in [3.63, 3.8) is 0 Å². The average molecular weight is 261 g/mol. The summed E-state index contributed by atoms with van der Waals surface area (Å²) in [4.78, 5) is 10.5. The molecule has 0 aliphatic rings. The third-order valence-corrected chi connectivity index (χ3v) is 2.47. The molecule has 0 aromatic heterocycles. The minimum atomic E-state index is -0.533. The zero-order valence-electron chi connectivity index (χ0n) is 7.72. The van der Waals surface area contributed by atoms with Crippen LogP contribution in [0.15, 0.2) is 22.7 Å². The molecule has 0 radical (unpaired) electrons. The fraction of sp³-hybridized carbons (Fsp3) is 0.300. The minimum Gasteiger partial charge on any atom is -0.461 e. The van der Waals surface area contributed by atoms with Gasteiger partial charge in [-0.3, -0.25) is 4.79 Å². The Hall–Kier alpha value is -0.900. The van der Waals surface area contributed by atoms with Crippen molar-refractivity contribution in [3.8, 4) is 0 Å². The van der Waals surface area contributed by atoms with Crippen LogP contribution in [0.25, 0.3) is 0 Å². The van der Waals surface area contributed by atoms with Crippen molar-refractivity contribution in [2.24, 2.45) is 0 Å². The van der Waals surface area contributed by atoms with Gasteiger partial charge in [0.1, 0.15) is 13.3 Å². The summed E-state index contributed by atoms with van der Waals surface area (Å²) in [5.41, 5.74) is 1.35. The normalized spacial score (nSPS) is 9.93. The molecule has 0 aliphatic carbocycles. The maximum Gasteiger partial charge on any atom is 0.302 e. The third-order valence-electron chi connectivity index (χ3n) is 1.70. The molecule has 2 nitrogen and oxygen atoms in total. The lowest BCUT2D eigenvalue weighted by molar-refractivity contribution is -0.142. The van der Waals surface area contributed by atoms with Crippen molar-refractivity contribution < 1.29 is 13.9 Å². The van der Waals surface area contributed by atoms with E-state index in [0.717, 1.165) is 10.0 Å². The second-order valence-electron chi connectivity index (χ2n) is 2.84. The van der Waals surface area contributed by atoms with Crippen LogP contribution in [0.5, 0.6) is 0 Å². The zero-order chi connectivity index (χ0) is 10.6. The number of benzene rings is 1. The van der Waals surface area contributed by atoms with E-state index in [0.29, 0.717) is 5.56 Å². The van der Waals surface area contributed by atoms with Crippen molar-refractivity contribution in [2.45, 2.75) is 20.2 Å². The van der Waals surface area contributed by atoms with Crippen LogP contribution in [0.3, 0.4) is 0 Å². The molecule has 0 amide bonds. The van der Waals surface area contributed by atoms with Gasteiger partial charge in [0.25, 0.3) is 0 Å². The quantitative estimate of drug-likeness (QED) is 0.782. The minimum absolute atomic E-state index is 0.190. The summed E-state index contributed by atoms with van der Waals surface area (Å²) in [6.45, 7) is 0.999. The molecule has 4 heteroatoms. The van der Waals surface area contributed by atoms with E-state index in [-0.39, 0.29) is 12.6 Å². The van der Waals surface area contributed by atoms with Gasteiger partial charge >= 0.3 is 5.97 Å². The number of alkyl halides is 1. The van der Waals surface area contributed by atoms with Crippen LogP contribution in [-0.2, 0) is 22.8 Å². The maximum atomic E-state index is 12.4. The first kappa shape index (κ1) is 11.2. The van der Waals surface area contributed by atoms with Crippen LogP contribution in [0.4, 0.5) is 4.39 Å².